The molecular weight excluding hydrogens is 312 g/mol. The molecule has 1 fully saturated rings. The topological polar surface area (TPSA) is 41.6 Å². The van der Waals surface area contributed by atoms with Gasteiger partial charge >= 0.3 is 6.09 Å². The van der Waals surface area contributed by atoms with E-state index in [0.29, 0.717) is 11.7 Å². The van der Waals surface area contributed by atoms with Crippen LogP contribution in [0.3, 0.4) is 0 Å². The number of carbonyl (C=O) groups excluding carboxylic acids is 1. The van der Waals surface area contributed by atoms with Crippen molar-refractivity contribution in [2.24, 2.45) is 0 Å². The molecule has 1 amide bonds. The minimum absolute atomic E-state index is 0.459. The smallest absolute Gasteiger partial charge is 0.410 e. The summed E-state index contributed by atoms with van der Waals surface area (Å²) in [5, 5.41) is 2.74. The highest BCUT2D eigenvalue weighted by Crippen LogP contribution is 2.29. The minimum atomic E-state index is -0.459. The summed E-state index contributed by atoms with van der Waals surface area (Å²) in [6, 6.07) is 17.3. The van der Waals surface area contributed by atoms with Crippen molar-refractivity contribution < 1.29 is 9.53 Å². The lowest BCUT2D eigenvalue weighted by Crippen LogP contribution is -2.34. The van der Waals surface area contributed by atoms with Crippen molar-refractivity contribution in [2.75, 3.05) is 25.0 Å². The molecule has 0 radical (unpaired) electrons. The molecule has 0 saturated carbocycles. The van der Waals surface area contributed by atoms with Gasteiger partial charge in [0.05, 0.1) is 0 Å². The van der Waals surface area contributed by atoms with Crippen molar-refractivity contribution in [2.45, 2.75) is 32.1 Å². The summed E-state index contributed by atoms with van der Waals surface area (Å²) in [5.74, 6) is 1.11. The van der Waals surface area contributed by atoms with Crippen LogP contribution in [-0.2, 0) is 0 Å². The monoisotopic (exact) mass is 338 g/mol. The molecule has 25 heavy (non-hydrogen) atoms. The average molecular weight is 338 g/mol. The molecule has 0 aliphatic carbocycles. The summed E-state index contributed by atoms with van der Waals surface area (Å²) in [6.45, 7) is 5.67. The van der Waals surface area contributed by atoms with Crippen LogP contribution in [0.25, 0.3) is 0 Å². The fourth-order valence-corrected chi connectivity index (χ4v) is 3.45. The van der Waals surface area contributed by atoms with E-state index >= 15 is 0 Å². The van der Waals surface area contributed by atoms with E-state index in [1.165, 1.54) is 31.4 Å². The van der Waals surface area contributed by atoms with Crippen LogP contribution in [0.15, 0.2) is 54.6 Å². The Labute approximate surface area is 149 Å². The zero-order valence-corrected chi connectivity index (χ0v) is 14.8. The molecule has 1 N–H and O–H groups in total. The van der Waals surface area contributed by atoms with Crippen molar-refractivity contribution in [3.05, 3.63) is 60.2 Å². The van der Waals surface area contributed by atoms with Gasteiger partial charge in [-0.05, 0) is 68.1 Å². The Morgan fingerprint density at radius 2 is 2.04 bits per heavy atom. The van der Waals surface area contributed by atoms with Crippen molar-refractivity contribution in [1.82, 2.24) is 4.90 Å². The Hall–Kier alpha value is -2.33. The normalized spacial score (nSPS) is 17.9. The van der Waals surface area contributed by atoms with Crippen LogP contribution in [0.2, 0.25) is 0 Å². The fourth-order valence-electron chi connectivity index (χ4n) is 3.45. The number of hydrogen-bond donors (Lipinski definition) is 1. The van der Waals surface area contributed by atoms with E-state index in [1.54, 1.807) is 0 Å². The lowest BCUT2D eigenvalue weighted by Gasteiger charge is -2.32. The van der Waals surface area contributed by atoms with Crippen LogP contribution >= 0.6 is 0 Å². The standard InChI is InChI=1S/C21H26N2O2/c1-2-13-23-14-7-9-18(16-23)17-8-6-12-20(15-17)25-21(24)22-19-10-4-3-5-11-19/h3-6,8,10-12,15,18H,2,7,9,13-14,16H2,1H3,(H,22,24). The van der Waals surface area contributed by atoms with Gasteiger partial charge in [0.1, 0.15) is 5.75 Å². The molecule has 2 aromatic rings. The average Bonchev–Trinajstić information content (AvgIpc) is 2.63. The summed E-state index contributed by atoms with van der Waals surface area (Å²) in [7, 11) is 0. The third-order valence-corrected chi connectivity index (χ3v) is 4.61. The predicted octanol–water partition coefficient (Wildman–Crippen LogP) is 4.89. The van der Waals surface area contributed by atoms with E-state index in [1.807, 2.05) is 48.5 Å². The van der Waals surface area contributed by atoms with Gasteiger partial charge in [-0.1, -0.05) is 37.3 Å². The Balaban J connectivity index is 1.62. The van der Waals surface area contributed by atoms with E-state index in [0.717, 1.165) is 18.8 Å². The molecule has 1 unspecified atom stereocenters. The second-order valence-electron chi connectivity index (χ2n) is 6.59. The molecule has 132 valence electrons. The second-order valence-corrected chi connectivity index (χ2v) is 6.59. The number of benzene rings is 2. The van der Waals surface area contributed by atoms with Crippen molar-refractivity contribution in [3.63, 3.8) is 0 Å². The lowest BCUT2D eigenvalue weighted by molar-refractivity contribution is 0.207. The molecule has 0 bridgehead atoms. The first-order chi connectivity index (χ1) is 12.2. The van der Waals surface area contributed by atoms with Crippen LogP contribution in [0.5, 0.6) is 5.75 Å². The molecule has 1 aliphatic heterocycles. The van der Waals surface area contributed by atoms with E-state index < -0.39 is 6.09 Å². The molecule has 0 aromatic heterocycles. The maximum Gasteiger partial charge on any atom is 0.417 e. The number of amides is 1. The van der Waals surface area contributed by atoms with E-state index in [4.69, 9.17) is 4.74 Å². The highest BCUT2D eigenvalue weighted by molar-refractivity contribution is 5.86. The van der Waals surface area contributed by atoms with Crippen LogP contribution in [0.4, 0.5) is 10.5 Å². The number of piperidine rings is 1. The van der Waals surface area contributed by atoms with Gasteiger partial charge in [0.25, 0.3) is 0 Å². The van der Waals surface area contributed by atoms with Gasteiger partial charge in [-0.2, -0.15) is 0 Å². The Morgan fingerprint density at radius 3 is 2.84 bits per heavy atom. The third kappa shape index (κ3) is 5.07. The number of rotatable bonds is 5. The van der Waals surface area contributed by atoms with Crippen molar-refractivity contribution in [3.8, 4) is 5.75 Å². The van der Waals surface area contributed by atoms with Gasteiger partial charge in [-0.15, -0.1) is 0 Å². The number of nitrogens with one attached hydrogen (secondary N) is 1. The van der Waals surface area contributed by atoms with Crippen LogP contribution in [-0.4, -0.2) is 30.6 Å². The van der Waals surface area contributed by atoms with E-state index in [9.17, 15) is 4.79 Å². The molecule has 1 heterocycles. The number of para-hydroxylation sites is 1. The molecule has 1 aliphatic rings. The van der Waals surface area contributed by atoms with Gasteiger partial charge in [0, 0.05) is 12.2 Å². The van der Waals surface area contributed by atoms with Gasteiger partial charge < -0.3 is 9.64 Å². The number of nitrogens with zero attached hydrogens (tertiary/aromatic N) is 1. The Bertz CT molecular complexity index is 685. The summed E-state index contributed by atoms with van der Waals surface area (Å²) in [6.07, 6.45) is 3.15. The first-order valence-electron chi connectivity index (χ1n) is 9.11. The predicted molar refractivity (Wildman–Crippen MR) is 101 cm³/mol. The molecule has 1 atom stereocenters. The second kappa shape index (κ2) is 8.67. The number of hydrogen-bond acceptors (Lipinski definition) is 3. The number of likely N-dealkylation sites (tertiary alicyclic amines) is 1. The highest BCUT2D eigenvalue weighted by Gasteiger charge is 2.21. The number of ether oxygens (including phenoxy) is 1. The maximum atomic E-state index is 12.1. The Morgan fingerprint density at radius 1 is 1.20 bits per heavy atom. The Kier molecular flexibility index (Phi) is 6.07. The zero-order valence-electron chi connectivity index (χ0n) is 14.8. The van der Waals surface area contributed by atoms with Gasteiger partial charge in [0.15, 0.2) is 0 Å². The van der Waals surface area contributed by atoms with Gasteiger partial charge in [-0.25, -0.2) is 4.79 Å². The minimum Gasteiger partial charge on any atom is -0.410 e. The van der Waals surface area contributed by atoms with Gasteiger partial charge in [-0.3, -0.25) is 5.32 Å². The fraction of sp³-hybridized carbons (Fsp3) is 0.381. The highest BCUT2D eigenvalue weighted by atomic mass is 16.6. The van der Waals surface area contributed by atoms with Crippen LogP contribution in [0, 0.1) is 0 Å². The van der Waals surface area contributed by atoms with Crippen molar-refractivity contribution >= 4 is 11.8 Å². The van der Waals surface area contributed by atoms with E-state index in [-0.39, 0.29) is 0 Å². The zero-order chi connectivity index (χ0) is 17.5. The molecular formula is C21H26N2O2. The van der Waals surface area contributed by atoms with Gasteiger partial charge in [0.2, 0.25) is 0 Å². The molecule has 3 rings (SSSR count). The first-order valence-corrected chi connectivity index (χ1v) is 9.11. The summed E-state index contributed by atoms with van der Waals surface area (Å²) < 4.78 is 5.46. The number of anilines is 1. The maximum absolute atomic E-state index is 12.1. The van der Waals surface area contributed by atoms with E-state index in [2.05, 4.69) is 23.2 Å². The molecule has 2 aromatic carbocycles. The van der Waals surface area contributed by atoms with Crippen LogP contribution in [0.1, 0.15) is 37.7 Å². The first kappa shape index (κ1) is 17.5. The molecule has 1 saturated heterocycles. The molecule has 0 spiro atoms. The van der Waals surface area contributed by atoms with Crippen molar-refractivity contribution in [1.29, 1.82) is 0 Å². The largest absolute Gasteiger partial charge is 0.417 e. The summed E-state index contributed by atoms with van der Waals surface area (Å²) in [5.41, 5.74) is 1.98. The summed E-state index contributed by atoms with van der Waals surface area (Å²) in [4.78, 5) is 14.6. The lowest BCUT2D eigenvalue weighted by atomic mass is 9.90. The summed E-state index contributed by atoms with van der Waals surface area (Å²) >= 11 is 0. The molecule has 4 nitrogen and oxygen atoms in total. The quantitative estimate of drug-likeness (QED) is 0.844. The molecule has 4 heteroatoms. The third-order valence-electron chi connectivity index (χ3n) is 4.61. The number of carbonyl (C=O) groups is 1. The van der Waals surface area contributed by atoms with Crippen LogP contribution < -0.4 is 10.1 Å². The SMILES string of the molecule is CCCN1CCCC(c2cccc(OC(=O)Nc3ccccc3)c2)C1.